The lowest BCUT2D eigenvalue weighted by Gasteiger charge is -2.06. The van der Waals surface area contributed by atoms with Crippen molar-refractivity contribution in [2.24, 2.45) is 0 Å². The number of aromatic nitrogens is 4. The number of hydrogen-bond acceptors (Lipinski definition) is 4. The first-order valence-corrected chi connectivity index (χ1v) is 8.12. The van der Waals surface area contributed by atoms with E-state index < -0.39 is 22.9 Å². The molecule has 9 heteroatoms. The summed E-state index contributed by atoms with van der Waals surface area (Å²) in [4.78, 5) is 27.6. The molecule has 0 spiro atoms. The molecule has 2 atom stereocenters. The molecule has 0 aliphatic heterocycles. The lowest BCUT2D eigenvalue weighted by Crippen LogP contribution is -2.23. The largest absolute Gasteiger partial charge is 0.325 e. The van der Waals surface area contributed by atoms with Gasteiger partial charge in [0.1, 0.15) is 5.69 Å². The average Bonchev–Trinajstić information content (AvgIpc) is 3.39. The summed E-state index contributed by atoms with van der Waals surface area (Å²) in [6.07, 6.45) is 1.94. The number of benzene rings is 1. The zero-order valence-corrected chi connectivity index (χ0v) is 13.8. The molecule has 4 rings (SSSR count). The molecule has 1 aromatic carbocycles. The van der Waals surface area contributed by atoms with E-state index in [4.69, 9.17) is 11.6 Å². The van der Waals surface area contributed by atoms with Gasteiger partial charge in [-0.3, -0.25) is 9.78 Å². The van der Waals surface area contributed by atoms with Crippen LogP contribution in [0.3, 0.4) is 0 Å². The molecule has 132 valence electrons. The van der Waals surface area contributed by atoms with Crippen molar-refractivity contribution in [1.29, 1.82) is 0 Å². The number of H-pyrrole nitrogens is 2. The number of halogens is 3. The highest BCUT2D eigenvalue weighted by Gasteiger charge is 2.41. The van der Waals surface area contributed by atoms with Crippen LogP contribution in [-0.2, 0) is 0 Å². The Hall–Kier alpha value is -2.87. The summed E-state index contributed by atoms with van der Waals surface area (Å²) in [5.74, 6) is -1.85. The monoisotopic (exact) mass is 376 g/mol. The Balaban J connectivity index is 1.69. The Bertz CT molecular complexity index is 1130. The van der Waals surface area contributed by atoms with E-state index in [-0.39, 0.29) is 28.2 Å². The van der Waals surface area contributed by atoms with Gasteiger partial charge in [-0.05, 0) is 47.6 Å². The quantitative estimate of drug-likeness (QED) is 0.735. The van der Waals surface area contributed by atoms with Crippen molar-refractivity contribution >= 4 is 11.6 Å². The van der Waals surface area contributed by atoms with E-state index >= 15 is 0 Å². The third-order valence-corrected chi connectivity index (χ3v) is 4.73. The van der Waals surface area contributed by atoms with E-state index in [2.05, 4.69) is 20.2 Å². The van der Waals surface area contributed by atoms with Crippen molar-refractivity contribution in [2.45, 2.75) is 18.3 Å². The van der Waals surface area contributed by atoms with E-state index in [1.54, 1.807) is 12.1 Å². The molecule has 0 radical (unpaired) electrons. The van der Waals surface area contributed by atoms with Crippen LogP contribution in [0.15, 0.2) is 40.1 Å². The molecule has 1 aliphatic carbocycles. The lowest BCUT2D eigenvalue weighted by molar-refractivity contribution is 0.507. The highest BCUT2D eigenvalue weighted by molar-refractivity contribution is 6.30. The summed E-state index contributed by atoms with van der Waals surface area (Å²) in [5.41, 5.74) is 0.533. The van der Waals surface area contributed by atoms with Crippen molar-refractivity contribution in [3.63, 3.8) is 0 Å². The van der Waals surface area contributed by atoms with Crippen LogP contribution in [0, 0.1) is 11.6 Å². The van der Waals surface area contributed by atoms with Crippen LogP contribution in [-0.4, -0.2) is 20.2 Å². The fourth-order valence-electron chi connectivity index (χ4n) is 3.03. The molecule has 1 aliphatic rings. The smallest absolute Gasteiger partial charge is 0.313 e. The van der Waals surface area contributed by atoms with E-state index in [9.17, 15) is 18.4 Å². The molecule has 26 heavy (non-hydrogen) atoms. The van der Waals surface area contributed by atoms with E-state index in [0.29, 0.717) is 17.5 Å². The predicted octanol–water partition coefficient (Wildman–Crippen LogP) is 2.72. The van der Waals surface area contributed by atoms with E-state index in [0.717, 1.165) is 6.07 Å². The molecule has 1 saturated carbocycles. The number of nitrogens with one attached hydrogen (secondary N) is 2. The van der Waals surface area contributed by atoms with Crippen molar-refractivity contribution < 1.29 is 8.78 Å². The second-order valence-corrected chi connectivity index (χ2v) is 6.44. The van der Waals surface area contributed by atoms with Gasteiger partial charge in [-0.15, -0.1) is 10.2 Å². The van der Waals surface area contributed by atoms with Crippen LogP contribution in [0.2, 0.25) is 5.15 Å². The van der Waals surface area contributed by atoms with Crippen LogP contribution in [0.1, 0.15) is 29.4 Å². The summed E-state index contributed by atoms with van der Waals surface area (Å²) in [6, 6.07) is 5.44. The zero-order chi connectivity index (χ0) is 18.4. The standard InChI is InChI=1S/C17H11ClF2N4O2/c18-15-10(9-4-8(9)7-1-2-12(19)13(20)3-7)5-14(23-24-15)11-6-21-17(26)22-16(11)25/h1-3,5-6,8-9H,4H2,(H2,21,22,25,26)/t8-,9+/m1/s1. The normalized spacial score (nSPS) is 18.7. The summed E-state index contributed by atoms with van der Waals surface area (Å²) in [6.45, 7) is 0. The van der Waals surface area contributed by atoms with Crippen molar-refractivity contribution in [1.82, 2.24) is 20.2 Å². The Morgan fingerprint density at radius 2 is 1.88 bits per heavy atom. The van der Waals surface area contributed by atoms with Gasteiger partial charge in [0.05, 0.1) is 5.56 Å². The van der Waals surface area contributed by atoms with Crippen LogP contribution in [0.4, 0.5) is 8.78 Å². The summed E-state index contributed by atoms with van der Waals surface area (Å²) >= 11 is 6.14. The Labute approximate surface area is 149 Å². The number of aromatic amines is 2. The molecule has 0 saturated heterocycles. The van der Waals surface area contributed by atoms with Crippen molar-refractivity contribution in [3.05, 3.63) is 79.2 Å². The minimum Gasteiger partial charge on any atom is -0.313 e. The first-order chi connectivity index (χ1) is 12.4. The molecule has 2 N–H and O–H groups in total. The van der Waals surface area contributed by atoms with Gasteiger partial charge in [-0.25, -0.2) is 13.6 Å². The van der Waals surface area contributed by atoms with Gasteiger partial charge in [-0.2, -0.15) is 0 Å². The SMILES string of the molecule is O=c1[nH]cc(-c2cc([C@H]3C[C@@H]3c3ccc(F)c(F)c3)c(Cl)nn2)c(=O)[nH]1. The topological polar surface area (TPSA) is 91.5 Å². The van der Waals surface area contributed by atoms with Gasteiger partial charge in [0.2, 0.25) is 0 Å². The average molecular weight is 377 g/mol. The van der Waals surface area contributed by atoms with Gasteiger partial charge in [0, 0.05) is 6.20 Å². The van der Waals surface area contributed by atoms with Gasteiger partial charge in [0.25, 0.3) is 5.56 Å². The second kappa shape index (κ2) is 6.14. The summed E-state index contributed by atoms with van der Waals surface area (Å²) in [5, 5.41) is 7.96. The number of rotatable bonds is 3. The molecule has 2 heterocycles. The van der Waals surface area contributed by atoms with Gasteiger partial charge < -0.3 is 4.98 Å². The molecular weight excluding hydrogens is 366 g/mol. The van der Waals surface area contributed by atoms with Crippen molar-refractivity contribution in [2.75, 3.05) is 0 Å². The Kier molecular flexibility index (Phi) is 3.91. The fraction of sp³-hybridized carbons (Fsp3) is 0.176. The molecule has 1 fully saturated rings. The maximum absolute atomic E-state index is 13.4. The second-order valence-electron chi connectivity index (χ2n) is 6.08. The third kappa shape index (κ3) is 2.92. The number of nitrogens with zero attached hydrogens (tertiary/aromatic N) is 2. The fourth-order valence-corrected chi connectivity index (χ4v) is 3.27. The molecule has 0 bridgehead atoms. The van der Waals surface area contributed by atoms with Gasteiger partial charge in [0.15, 0.2) is 16.8 Å². The van der Waals surface area contributed by atoms with Crippen LogP contribution < -0.4 is 11.2 Å². The first-order valence-electron chi connectivity index (χ1n) is 7.74. The zero-order valence-electron chi connectivity index (χ0n) is 13.1. The molecule has 2 aromatic heterocycles. The molecule has 6 nitrogen and oxygen atoms in total. The van der Waals surface area contributed by atoms with E-state index in [1.165, 1.54) is 12.3 Å². The summed E-state index contributed by atoms with van der Waals surface area (Å²) < 4.78 is 26.5. The van der Waals surface area contributed by atoms with Crippen LogP contribution >= 0.6 is 11.6 Å². The van der Waals surface area contributed by atoms with Gasteiger partial charge >= 0.3 is 5.69 Å². The maximum Gasteiger partial charge on any atom is 0.325 e. The molecule has 3 aromatic rings. The van der Waals surface area contributed by atoms with Gasteiger partial charge in [-0.1, -0.05) is 17.7 Å². The summed E-state index contributed by atoms with van der Waals surface area (Å²) in [7, 11) is 0. The molecule has 0 unspecified atom stereocenters. The minimum absolute atomic E-state index is 0.0199. The van der Waals surface area contributed by atoms with Crippen LogP contribution in [0.5, 0.6) is 0 Å². The Morgan fingerprint density at radius 1 is 1.08 bits per heavy atom. The van der Waals surface area contributed by atoms with Crippen molar-refractivity contribution in [3.8, 4) is 11.3 Å². The van der Waals surface area contributed by atoms with E-state index in [1.807, 2.05) is 0 Å². The minimum atomic E-state index is -0.896. The third-order valence-electron chi connectivity index (χ3n) is 4.43. The molecular formula is C17H11ClF2N4O2. The highest BCUT2D eigenvalue weighted by Crippen LogP contribution is 2.56. The highest BCUT2D eigenvalue weighted by atomic mass is 35.5. The first kappa shape index (κ1) is 16.6. The lowest BCUT2D eigenvalue weighted by atomic mass is 10.0. The Morgan fingerprint density at radius 3 is 2.62 bits per heavy atom. The number of hydrogen-bond donors (Lipinski definition) is 2. The predicted molar refractivity (Wildman–Crippen MR) is 90.2 cm³/mol. The maximum atomic E-state index is 13.4. The molecule has 0 amide bonds. The van der Waals surface area contributed by atoms with Crippen LogP contribution in [0.25, 0.3) is 11.3 Å².